The molecule has 0 radical (unpaired) electrons. The number of amides is 1. The van der Waals surface area contributed by atoms with Crippen molar-refractivity contribution in [3.05, 3.63) is 42.2 Å². The molecule has 1 amide bonds. The second-order valence-corrected chi connectivity index (χ2v) is 6.06. The predicted molar refractivity (Wildman–Crippen MR) is 104 cm³/mol. The van der Waals surface area contributed by atoms with Crippen molar-refractivity contribution in [3.8, 4) is 11.5 Å². The van der Waals surface area contributed by atoms with Crippen LogP contribution in [0.3, 0.4) is 0 Å². The van der Waals surface area contributed by atoms with Crippen LogP contribution < -0.4 is 14.8 Å². The van der Waals surface area contributed by atoms with Crippen LogP contribution in [0.1, 0.15) is 31.7 Å². The van der Waals surface area contributed by atoms with Crippen LogP contribution in [-0.4, -0.2) is 35.7 Å². The Balaban J connectivity index is 1.91. The Kier molecular flexibility index (Phi) is 7.61. The van der Waals surface area contributed by atoms with Crippen molar-refractivity contribution < 1.29 is 19.1 Å². The number of hydrogen-bond donors (Lipinski definition) is 1. The largest absolute Gasteiger partial charge is 0.493 e. The van der Waals surface area contributed by atoms with E-state index in [2.05, 4.69) is 10.4 Å². The van der Waals surface area contributed by atoms with Crippen molar-refractivity contribution in [3.63, 3.8) is 0 Å². The number of aryl methyl sites for hydroxylation is 1. The summed E-state index contributed by atoms with van der Waals surface area (Å²) < 4.78 is 12.3. The summed E-state index contributed by atoms with van der Waals surface area (Å²) >= 11 is 0. The lowest BCUT2D eigenvalue weighted by molar-refractivity contribution is -0.117. The topological polar surface area (TPSA) is 82.5 Å². The molecule has 0 aliphatic rings. The molecule has 0 atom stereocenters. The van der Waals surface area contributed by atoms with E-state index in [1.165, 1.54) is 6.08 Å². The fourth-order valence-corrected chi connectivity index (χ4v) is 2.59. The summed E-state index contributed by atoms with van der Waals surface area (Å²) in [5.74, 6) is 1.10. The van der Waals surface area contributed by atoms with Gasteiger partial charge in [0, 0.05) is 30.8 Å². The number of aromatic nitrogens is 2. The zero-order valence-corrected chi connectivity index (χ0v) is 15.9. The van der Waals surface area contributed by atoms with Gasteiger partial charge in [0.05, 0.1) is 26.1 Å². The number of methoxy groups -OCH3 is 2. The van der Waals surface area contributed by atoms with Crippen LogP contribution in [0.15, 0.2) is 36.7 Å². The quantitative estimate of drug-likeness (QED) is 0.512. The Hall–Kier alpha value is -3.09. The predicted octanol–water partition coefficient (Wildman–Crippen LogP) is 3.31. The maximum atomic E-state index is 12.1. The molecule has 27 heavy (non-hydrogen) atoms. The number of unbranched alkanes of at least 4 members (excludes halogenated alkanes) is 1. The third-order valence-electron chi connectivity index (χ3n) is 3.91. The number of Topliss-reactive ketones (excluding diaryl/α,β-unsaturated/α-hetero) is 1. The molecule has 144 valence electrons. The van der Waals surface area contributed by atoms with Gasteiger partial charge >= 0.3 is 0 Å². The lowest BCUT2D eigenvalue weighted by atomic mass is 10.1. The number of nitrogens with zero attached hydrogens (tertiary/aromatic N) is 2. The van der Waals surface area contributed by atoms with Crippen molar-refractivity contribution >= 4 is 23.5 Å². The highest BCUT2D eigenvalue weighted by Crippen LogP contribution is 2.31. The highest BCUT2D eigenvalue weighted by Gasteiger charge is 2.08. The first-order chi connectivity index (χ1) is 13.0. The summed E-state index contributed by atoms with van der Waals surface area (Å²) in [6, 6.07) is 5.46. The van der Waals surface area contributed by atoms with Gasteiger partial charge in [-0.1, -0.05) is 12.1 Å². The molecule has 0 saturated carbocycles. The number of hydrogen-bond acceptors (Lipinski definition) is 5. The standard InChI is InChI=1S/C20H25N3O4/c1-15(24)7-4-5-12-23-14-17(13-21-23)22-19(25)11-10-16-8-6-9-18(26-2)20(16)27-3/h6,8-11,13-14H,4-5,7,12H2,1-3H3,(H,22,25). The fourth-order valence-electron chi connectivity index (χ4n) is 2.59. The number of anilines is 1. The van der Waals surface area contributed by atoms with Gasteiger partial charge in [0.1, 0.15) is 5.78 Å². The fraction of sp³-hybridized carbons (Fsp3) is 0.350. The van der Waals surface area contributed by atoms with E-state index in [0.717, 1.165) is 18.4 Å². The first-order valence-corrected chi connectivity index (χ1v) is 8.75. The molecular weight excluding hydrogens is 346 g/mol. The van der Waals surface area contributed by atoms with Gasteiger partial charge in [0.25, 0.3) is 0 Å². The van der Waals surface area contributed by atoms with Crippen LogP contribution in [-0.2, 0) is 16.1 Å². The van der Waals surface area contributed by atoms with Gasteiger partial charge in [-0.05, 0) is 31.9 Å². The van der Waals surface area contributed by atoms with Crippen LogP contribution in [0.4, 0.5) is 5.69 Å². The lowest BCUT2D eigenvalue weighted by Gasteiger charge is -2.09. The number of carbonyl (C=O) groups excluding carboxylic acids is 2. The normalized spacial score (nSPS) is 10.8. The first-order valence-electron chi connectivity index (χ1n) is 8.75. The molecule has 0 unspecified atom stereocenters. The minimum Gasteiger partial charge on any atom is -0.493 e. The second kappa shape index (κ2) is 10.2. The molecule has 0 aliphatic heterocycles. The lowest BCUT2D eigenvalue weighted by Crippen LogP contribution is -2.07. The number of nitrogens with one attached hydrogen (secondary N) is 1. The number of benzene rings is 1. The Bertz CT molecular complexity index is 811. The average Bonchev–Trinajstić information content (AvgIpc) is 3.10. The number of carbonyl (C=O) groups is 2. The van der Waals surface area contributed by atoms with E-state index in [1.54, 1.807) is 50.4 Å². The van der Waals surface area contributed by atoms with Gasteiger partial charge in [-0.15, -0.1) is 0 Å². The van der Waals surface area contributed by atoms with Crippen LogP contribution in [0.25, 0.3) is 6.08 Å². The Morgan fingerprint density at radius 1 is 1.22 bits per heavy atom. The van der Waals surface area contributed by atoms with Crippen LogP contribution in [0, 0.1) is 0 Å². The van der Waals surface area contributed by atoms with E-state index in [1.807, 2.05) is 12.1 Å². The van der Waals surface area contributed by atoms with Crippen molar-refractivity contribution in [2.24, 2.45) is 0 Å². The number of ether oxygens (including phenoxy) is 2. The van der Waals surface area contributed by atoms with Crippen molar-refractivity contribution in [2.45, 2.75) is 32.7 Å². The van der Waals surface area contributed by atoms with Gasteiger partial charge in [-0.25, -0.2) is 0 Å². The van der Waals surface area contributed by atoms with Gasteiger partial charge in [0.15, 0.2) is 11.5 Å². The summed E-state index contributed by atoms with van der Waals surface area (Å²) in [6.07, 6.45) is 8.76. The van der Waals surface area contributed by atoms with E-state index < -0.39 is 0 Å². The van der Waals surface area contributed by atoms with E-state index in [-0.39, 0.29) is 11.7 Å². The third-order valence-corrected chi connectivity index (χ3v) is 3.91. The van der Waals surface area contributed by atoms with Gasteiger partial charge < -0.3 is 19.6 Å². The highest BCUT2D eigenvalue weighted by atomic mass is 16.5. The monoisotopic (exact) mass is 371 g/mol. The minimum absolute atomic E-state index is 0.197. The highest BCUT2D eigenvalue weighted by molar-refractivity contribution is 6.02. The zero-order chi connectivity index (χ0) is 19.6. The molecule has 0 fully saturated rings. The SMILES string of the molecule is COc1cccc(C=CC(=O)Nc2cnn(CCCCC(C)=O)c2)c1OC. The number of rotatable bonds is 10. The van der Waals surface area contributed by atoms with Crippen molar-refractivity contribution in [2.75, 3.05) is 19.5 Å². The molecule has 7 heteroatoms. The Labute approximate surface area is 159 Å². The molecule has 0 bridgehead atoms. The summed E-state index contributed by atoms with van der Waals surface area (Å²) in [5, 5.41) is 6.98. The molecule has 1 N–H and O–H groups in total. The number of para-hydroxylation sites is 1. The smallest absolute Gasteiger partial charge is 0.248 e. The number of ketones is 1. The molecule has 0 saturated heterocycles. The van der Waals surface area contributed by atoms with Crippen LogP contribution in [0.5, 0.6) is 11.5 Å². The first kappa shape index (κ1) is 20.2. The Morgan fingerprint density at radius 3 is 2.74 bits per heavy atom. The van der Waals surface area contributed by atoms with Crippen molar-refractivity contribution in [1.29, 1.82) is 0 Å². The molecule has 7 nitrogen and oxygen atoms in total. The molecule has 0 spiro atoms. The molecule has 1 aromatic carbocycles. The van der Waals surface area contributed by atoms with Gasteiger partial charge in [-0.3, -0.25) is 9.48 Å². The molecule has 2 aromatic rings. The molecule has 1 heterocycles. The van der Waals surface area contributed by atoms with E-state index >= 15 is 0 Å². The maximum absolute atomic E-state index is 12.1. The van der Waals surface area contributed by atoms with Gasteiger partial charge in [-0.2, -0.15) is 5.10 Å². The van der Waals surface area contributed by atoms with E-state index in [9.17, 15) is 9.59 Å². The molecular formula is C20H25N3O4. The van der Waals surface area contributed by atoms with E-state index in [0.29, 0.717) is 30.2 Å². The summed E-state index contributed by atoms with van der Waals surface area (Å²) in [6.45, 7) is 2.30. The summed E-state index contributed by atoms with van der Waals surface area (Å²) in [7, 11) is 3.12. The summed E-state index contributed by atoms with van der Waals surface area (Å²) in [5.41, 5.74) is 1.36. The minimum atomic E-state index is -0.268. The second-order valence-electron chi connectivity index (χ2n) is 6.06. The summed E-state index contributed by atoms with van der Waals surface area (Å²) in [4.78, 5) is 23.1. The van der Waals surface area contributed by atoms with Crippen molar-refractivity contribution in [1.82, 2.24) is 9.78 Å². The third kappa shape index (κ3) is 6.29. The average molecular weight is 371 g/mol. The molecule has 1 aromatic heterocycles. The zero-order valence-electron chi connectivity index (χ0n) is 15.9. The Morgan fingerprint density at radius 2 is 2.04 bits per heavy atom. The van der Waals surface area contributed by atoms with Gasteiger partial charge in [0.2, 0.25) is 5.91 Å². The van der Waals surface area contributed by atoms with Crippen LogP contribution in [0.2, 0.25) is 0 Å². The molecule has 2 rings (SSSR count). The van der Waals surface area contributed by atoms with E-state index in [4.69, 9.17) is 9.47 Å². The van der Waals surface area contributed by atoms with Crippen LogP contribution >= 0.6 is 0 Å². The molecule has 0 aliphatic carbocycles. The maximum Gasteiger partial charge on any atom is 0.248 e.